The Labute approximate surface area is 92.6 Å². The molecule has 1 atom stereocenters. The Bertz CT molecular complexity index is 126. The first-order chi connectivity index (χ1) is 6.72. The molecule has 0 aliphatic heterocycles. The third-order valence-corrected chi connectivity index (χ3v) is 2.90. The Balaban J connectivity index is -0.000000399. The van der Waals surface area contributed by atoms with Crippen LogP contribution >= 0.6 is 0 Å². The van der Waals surface area contributed by atoms with Gasteiger partial charge in [-0.05, 0) is 39.0 Å². The van der Waals surface area contributed by atoms with E-state index in [1.165, 1.54) is 32.1 Å². The minimum Gasteiger partial charge on any atom is -0.328 e. The molecule has 1 unspecified atom stereocenters. The fraction of sp³-hybridized carbons (Fsp3) is 1.00. The van der Waals surface area contributed by atoms with Crippen LogP contribution < -0.4 is 11.1 Å². The highest BCUT2D eigenvalue weighted by Gasteiger charge is 2.18. The van der Waals surface area contributed by atoms with Crippen molar-refractivity contribution in [3.05, 3.63) is 0 Å². The van der Waals surface area contributed by atoms with Crippen LogP contribution in [0.2, 0.25) is 0 Å². The molecule has 90 valence electrons. The lowest BCUT2D eigenvalue weighted by molar-refractivity contribution is 0.317. The maximum atomic E-state index is 5.83. The molecule has 0 amide bonds. The molecule has 14 heavy (non-hydrogen) atoms. The minimum absolute atomic E-state index is 0. The Kier molecular flexibility index (Phi) is 8.20. The van der Waals surface area contributed by atoms with Gasteiger partial charge in [0.1, 0.15) is 0 Å². The molecule has 0 spiro atoms. The quantitative estimate of drug-likeness (QED) is 0.741. The van der Waals surface area contributed by atoms with E-state index in [4.69, 9.17) is 5.73 Å². The van der Waals surface area contributed by atoms with Gasteiger partial charge in [-0.1, -0.05) is 20.8 Å². The molecule has 0 radical (unpaired) electrons. The van der Waals surface area contributed by atoms with Crippen molar-refractivity contribution < 1.29 is 2.85 Å². The van der Waals surface area contributed by atoms with Gasteiger partial charge in [0.2, 0.25) is 0 Å². The van der Waals surface area contributed by atoms with Gasteiger partial charge in [0.05, 0.1) is 0 Å². The maximum Gasteiger partial charge on any atom is 0.00706 e. The van der Waals surface area contributed by atoms with Crippen LogP contribution in [0.15, 0.2) is 0 Å². The van der Waals surface area contributed by atoms with Crippen LogP contribution in [-0.2, 0) is 0 Å². The van der Waals surface area contributed by atoms with Crippen molar-refractivity contribution in [3.63, 3.8) is 0 Å². The number of hydrogen-bond acceptors (Lipinski definition) is 2. The second-order valence-corrected chi connectivity index (χ2v) is 4.09. The summed E-state index contributed by atoms with van der Waals surface area (Å²) in [7, 11) is 0. The largest absolute Gasteiger partial charge is 0.328 e. The van der Waals surface area contributed by atoms with E-state index in [1.54, 1.807) is 0 Å². The molecule has 0 heterocycles. The van der Waals surface area contributed by atoms with Gasteiger partial charge in [-0.25, -0.2) is 0 Å². The van der Waals surface area contributed by atoms with Gasteiger partial charge in [0, 0.05) is 21.0 Å². The average Bonchev–Trinajstić information content (AvgIpc) is 2.24. The van der Waals surface area contributed by atoms with Gasteiger partial charge in [0.25, 0.3) is 0 Å². The summed E-state index contributed by atoms with van der Waals surface area (Å²) in [5, 5.41) is 3.63. The summed E-state index contributed by atoms with van der Waals surface area (Å²) in [4.78, 5) is 0. The summed E-state index contributed by atoms with van der Waals surface area (Å²) in [5.41, 5.74) is 5.83. The van der Waals surface area contributed by atoms with Gasteiger partial charge >= 0.3 is 0 Å². The molecule has 0 bridgehead atoms. The molecule has 1 saturated carbocycles. The standard InChI is InChI=1S/C10H22N2.C2H6.2H2/c1-3-8(2)12-10-6-4-9(11)5-7-10;1-2;;/h8-10,12H,3-7,11H2,1-2H3;1-2H3;2*1H. The average molecular weight is 204 g/mol. The van der Waals surface area contributed by atoms with Crippen LogP contribution in [0.3, 0.4) is 0 Å². The van der Waals surface area contributed by atoms with E-state index in [0.717, 1.165) is 6.04 Å². The number of rotatable bonds is 3. The Morgan fingerprint density at radius 2 is 1.79 bits per heavy atom. The molecule has 1 aliphatic rings. The summed E-state index contributed by atoms with van der Waals surface area (Å²) in [5.74, 6) is 0. The van der Waals surface area contributed by atoms with Crippen molar-refractivity contribution in [2.45, 2.75) is 77.9 Å². The molecule has 3 N–H and O–H groups in total. The molecular weight excluding hydrogens is 172 g/mol. The van der Waals surface area contributed by atoms with Gasteiger partial charge in [-0.3, -0.25) is 0 Å². The zero-order chi connectivity index (χ0) is 11.0. The lowest BCUT2D eigenvalue weighted by Crippen LogP contribution is -2.41. The van der Waals surface area contributed by atoms with Crippen molar-refractivity contribution in [1.29, 1.82) is 0 Å². The first kappa shape index (κ1) is 13.9. The summed E-state index contributed by atoms with van der Waals surface area (Å²) in [6.45, 7) is 8.49. The van der Waals surface area contributed by atoms with Gasteiger partial charge in [-0.15, -0.1) is 0 Å². The molecule has 1 rings (SSSR count). The van der Waals surface area contributed by atoms with Crippen LogP contribution in [0.25, 0.3) is 0 Å². The molecule has 0 aromatic heterocycles. The maximum absolute atomic E-state index is 5.83. The summed E-state index contributed by atoms with van der Waals surface area (Å²) < 4.78 is 0. The van der Waals surface area contributed by atoms with Crippen LogP contribution in [0.5, 0.6) is 0 Å². The first-order valence-electron chi connectivity index (χ1n) is 6.24. The zero-order valence-electron chi connectivity index (χ0n) is 10.3. The normalized spacial score (nSPS) is 28.9. The molecule has 0 saturated heterocycles. The molecule has 0 aromatic carbocycles. The van der Waals surface area contributed by atoms with Crippen LogP contribution in [0.4, 0.5) is 0 Å². The summed E-state index contributed by atoms with van der Waals surface area (Å²) in [6.07, 6.45) is 6.17. The van der Waals surface area contributed by atoms with E-state index >= 15 is 0 Å². The highest BCUT2D eigenvalue weighted by molar-refractivity contribution is 4.80. The Morgan fingerprint density at radius 3 is 2.21 bits per heavy atom. The van der Waals surface area contributed by atoms with Crippen molar-refractivity contribution in [3.8, 4) is 0 Å². The van der Waals surface area contributed by atoms with E-state index in [-0.39, 0.29) is 2.85 Å². The van der Waals surface area contributed by atoms with Gasteiger partial charge in [0.15, 0.2) is 0 Å². The smallest absolute Gasteiger partial charge is 0.00706 e. The second kappa shape index (κ2) is 8.25. The van der Waals surface area contributed by atoms with Crippen LogP contribution in [0.1, 0.15) is 62.7 Å². The predicted molar refractivity (Wildman–Crippen MR) is 68.7 cm³/mol. The third kappa shape index (κ3) is 5.61. The van der Waals surface area contributed by atoms with E-state index in [1.807, 2.05) is 13.8 Å². The van der Waals surface area contributed by atoms with E-state index < -0.39 is 0 Å². The van der Waals surface area contributed by atoms with Crippen LogP contribution in [-0.4, -0.2) is 18.1 Å². The van der Waals surface area contributed by atoms with Crippen LogP contribution in [0, 0.1) is 0 Å². The Hall–Kier alpha value is -0.0800. The molecule has 1 fully saturated rings. The van der Waals surface area contributed by atoms with E-state index in [2.05, 4.69) is 19.2 Å². The van der Waals surface area contributed by atoms with Crippen molar-refractivity contribution >= 4 is 0 Å². The van der Waals surface area contributed by atoms with Crippen molar-refractivity contribution in [1.82, 2.24) is 5.32 Å². The fourth-order valence-electron chi connectivity index (χ4n) is 1.81. The molecule has 1 aliphatic carbocycles. The minimum atomic E-state index is 0. The third-order valence-electron chi connectivity index (χ3n) is 2.90. The zero-order valence-corrected chi connectivity index (χ0v) is 10.3. The lowest BCUT2D eigenvalue weighted by atomic mass is 9.91. The van der Waals surface area contributed by atoms with Gasteiger partial charge < -0.3 is 11.1 Å². The van der Waals surface area contributed by atoms with Gasteiger partial charge in [-0.2, -0.15) is 0 Å². The highest BCUT2D eigenvalue weighted by atomic mass is 14.9. The second-order valence-electron chi connectivity index (χ2n) is 4.09. The SMILES string of the molecule is CC.CCC(C)NC1CCC(N)CC1.[HH].[HH]. The molecule has 2 nitrogen and oxygen atoms in total. The number of hydrogen-bond donors (Lipinski definition) is 2. The number of nitrogens with one attached hydrogen (secondary N) is 1. The lowest BCUT2D eigenvalue weighted by Gasteiger charge is -2.29. The summed E-state index contributed by atoms with van der Waals surface area (Å²) >= 11 is 0. The Morgan fingerprint density at radius 1 is 1.29 bits per heavy atom. The first-order valence-corrected chi connectivity index (χ1v) is 6.24. The molecular formula is C12H32N2. The number of nitrogens with two attached hydrogens (primary N) is 1. The van der Waals surface area contributed by atoms with E-state index in [9.17, 15) is 0 Å². The topological polar surface area (TPSA) is 38.0 Å². The monoisotopic (exact) mass is 204 g/mol. The highest BCUT2D eigenvalue weighted by Crippen LogP contribution is 2.17. The fourth-order valence-corrected chi connectivity index (χ4v) is 1.81. The predicted octanol–water partition coefficient (Wildman–Crippen LogP) is 3.16. The summed E-state index contributed by atoms with van der Waals surface area (Å²) in [6, 6.07) is 1.88. The van der Waals surface area contributed by atoms with E-state index in [0.29, 0.717) is 12.1 Å². The molecule has 2 heteroatoms. The molecule has 0 aromatic rings. The van der Waals surface area contributed by atoms with Crippen molar-refractivity contribution in [2.24, 2.45) is 5.73 Å². The van der Waals surface area contributed by atoms with Crippen molar-refractivity contribution in [2.75, 3.05) is 0 Å².